The van der Waals surface area contributed by atoms with Crippen LogP contribution in [0, 0.1) is 0 Å². The molecule has 0 unspecified atom stereocenters. The minimum atomic E-state index is -2.82. The van der Waals surface area contributed by atoms with Gasteiger partial charge in [-0.05, 0) is 0 Å². The van der Waals surface area contributed by atoms with E-state index in [1.807, 2.05) is 0 Å². The fraction of sp³-hybridized carbons (Fsp3) is 0.143. The summed E-state index contributed by atoms with van der Waals surface area (Å²) in [4.78, 5) is 0. The van der Waals surface area contributed by atoms with Crippen molar-refractivity contribution in [2.24, 2.45) is 0 Å². The van der Waals surface area contributed by atoms with Crippen molar-refractivity contribution in [1.29, 1.82) is 0 Å². The van der Waals surface area contributed by atoms with Crippen LogP contribution >= 0.6 is 8.95 Å². The van der Waals surface area contributed by atoms with Crippen LogP contribution in [0.25, 0.3) is 0 Å². The first-order chi connectivity index (χ1) is 8.42. The molecule has 2 aromatic rings. The molecule has 0 aliphatic carbocycles. The molecule has 1 aliphatic rings. The van der Waals surface area contributed by atoms with Gasteiger partial charge in [0.2, 0.25) is 0 Å². The van der Waals surface area contributed by atoms with E-state index in [0.29, 0.717) is 0 Å². The average molecular weight is 349 g/mol. The SMILES string of the molecule is c1cc[c]([Sn]2([c]3ccccc3)[O]CC[S]2)cc1. The van der Waals surface area contributed by atoms with Gasteiger partial charge in [0.25, 0.3) is 0 Å². The number of hydrogen-bond acceptors (Lipinski definition) is 2. The Morgan fingerprint density at radius 1 is 0.824 bits per heavy atom. The van der Waals surface area contributed by atoms with E-state index in [1.54, 1.807) is 0 Å². The molecule has 1 fully saturated rings. The summed E-state index contributed by atoms with van der Waals surface area (Å²) in [6.07, 6.45) is 0. The van der Waals surface area contributed by atoms with Gasteiger partial charge in [-0.25, -0.2) is 0 Å². The van der Waals surface area contributed by atoms with Crippen molar-refractivity contribution in [1.82, 2.24) is 0 Å². The molecule has 0 saturated carbocycles. The predicted molar refractivity (Wildman–Crippen MR) is 76.3 cm³/mol. The molecule has 0 radical (unpaired) electrons. The second kappa shape index (κ2) is 5.04. The molecule has 0 N–H and O–H groups in total. The molecule has 86 valence electrons. The van der Waals surface area contributed by atoms with E-state index >= 15 is 0 Å². The third-order valence-corrected chi connectivity index (χ3v) is 20.9. The molecule has 0 aromatic heterocycles. The second-order valence-corrected chi connectivity index (χ2v) is 18.7. The van der Waals surface area contributed by atoms with Gasteiger partial charge in [0, 0.05) is 0 Å². The van der Waals surface area contributed by atoms with Gasteiger partial charge in [0.05, 0.1) is 0 Å². The molecular weight excluding hydrogens is 335 g/mol. The van der Waals surface area contributed by atoms with Crippen LogP contribution in [-0.2, 0) is 3.07 Å². The number of hydrogen-bond donors (Lipinski definition) is 0. The first-order valence-corrected chi connectivity index (χ1v) is 14.3. The van der Waals surface area contributed by atoms with Crippen LogP contribution < -0.4 is 7.16 Å². The zero-order valence-corrected chi connectivity index (χ0v) is 13.2. The van der Waals surface area contributed by atoms with Gasteiger partial charge in [-0.1, -0.05) is 0 Å². The first kappa shape index (κ1) is 11.6. The van der Waals surface area contributed by atoms with Gasteiger partial charge >= 0.3 is 110 Å². The topological polar surface area (TPSA) is 9.23 Å². The van der Waals surface area contributed by atoms with Crippen LogP contribution in [0.1, 0.15) is 0 Å². The molecule has 1 heterocycles. The van der Waals surface area contributed by atoms with E-state index in [-0.39, 0.29) is 0 Å². The monoisotopic (exact) mass is 350 g/mol. The third-order valence-electron chi connectivity index (χ3n) is 3.00. The summed E-state index contributed by atoms with van der Waals surface area (Å²) in [6.45, 7) is 0.907. The molecule has 0 amide bonds. The zero-order chi connectivity index (χ0) is 11.6. The summed E-state index contributed by atoms with van der Waals surface area (Å²) in [7, 11) is 2.08. The van der Waals surface area contributed by atoms with Crippen molar-refractivity contribution in [3.8, 4) is 0 Å². The Morgan fingerprint density at radius 3 is 1.76 bits per heavy atom. The van der Waals surface area contributed by atoms with Crippen molar-refractivity contribution in [2.75, 3.05) is 12.4 Å². The molecule has 0 bridgehead atoms. The normalized spacial score (nSPS) is 18.1. The van der Waals surface area contributed by atoms with Crippen molar-refractivity contribution >= 4 is 33.5 Å². The van der Waals surface area contributed by atoms with Crippen molar-refractivity contribution < 1.29 is 3.07 Å². The van der Waals surface area contributed by atoms with E-state index < -0.39 is 17.4 Å². The van der Waals surface area contributed by atoms with Crippen molar-refractivity contribution in [3.63, 3.8) is 0 Å². The fourth-order valence-corrected chi connectivity index (χ4v) is 19.3. The van der Waals surface area contributed by atoms with Crippen molar-refractivity contribution in [2.45, 2.75) is 0 Å². The van der Waals surface area contributed by atoms with Gasteiger partial charge < -0.3 is 0 Å². The first-order valence-electron chi connectivity index (χ1n) is 5.81. The van der Waals surface area contributed by atoms with Gasteiger partial charge in [-0.3, -0.25) is 0 Å². The molecule has 0 atom stereocenters. The van der Waals surface area contributed by atoms with Gasteiger partial charge in [0.1, 0.15) is 0 Å². The van der Waals surface area contributed by atoms with Gasteiger partial charge in [-0.15, -0.1) is 0 Å². The molecule has 2 aromatic carbocycles. The molecule has 3 heteroatoms. The third kappa shape index (κ3) is 2.14. The van der Waals surface area contributed by atoms with Gasteiger partial charge in [0.15, 0.2) is 0 Å². The maximum atomic E-state index is 6.29. The van der Waals surface area contributed by atoms with Gasteiger partial charge in [-0.2, -0.15) is 0 Å². The van der Waals surface area contributed by atoms with Crippen LogP contribution in [0.5, 0.6) is 0 Å². The van der Waals surface area contributed by atoms with Crippen LogP contribution in [0.3, 0.4) is 0 Å². The average Bonchev–Trinajstić information content (AvgIpc) is 2.91. The van der Waals surface area contributed by atoms with E-state index in [2.05, 4.69) is 69.6 Å². The Labute approximate surface area is 109 Å². The van der Waals surface area contributed by atoms with E-state index in [4.69, 9.17) is 3.07 Å². The number of rotatable bonds is 2. The van der Waals surface area contributed by atoms with E-state index in [9.17, 15) is 0 Å². The molecular formula is C14H14OSSn. The summed E-state index contributed by atoms with van der Waals surface area (Å²) in [6, 6.07) is 21.6. The standard InChI is InChI=1S/2C6H5.C2H5OS.Sn/c2*1-2-4-6-5-3-1;3-1-2-4;/h2*1-5H;4H,1-2H2;/q;;-1;+2/p-1. The summed E-state index contributed by atoms with van der Waals surface area (Å²) in [5, 5.41) is 0. The number of benzene rings is 2. The molecule has 17 heavy (non-hydrogen) atoms. The zero-order valence-electron chi connectivity index (χ0n) is 9.50. The van der Waals surface area contributed by atoms with E-state index in [0.717, 1.165) is 12.4 Å². The van der Waals surface area contributed by atoms with Crippen LogP contribution in [-0.4, -0.2) is 29.8 Å². The molecule has 1 nitrogen and oxygen atoms in total. The quantitative estimate of drug-likeness (QED) is 0.768. The summed E-state index contributed by atoms with van der Waals surface area (Å²) in [5.41, 5.74) is 0. The van der Waals surface area contributed by atoms with Crippen LogP contribution in [0.15, 0.2) is 60.7 Å². The predicted octanol–water partition coefficient (Wildman–Crippen LogP) is 2.01. The van der Waals surface area contributed by atoms with Crippen molar-refractivity contribution in [3.05, 3.63) is 60.7 Å². The Hall–Kier alpha value is -0.451. The fourth-order valence-electron chi connectivity index (χ4n) is 2.23. The van der Waals surface area contributed by atoms with Crippen LogP contribution in [0.4, 0.5) is 0 Å². The Kier molecular flexibility index (Phi) is 3.45. The maximum absolute atomic E-state index is 6.29. The summed E-state index contributed by atoms with van der Waals surface area (Å²) in [5.74, 6) is 1.14. The second-order valence-electron chi connectivity index (χ2n) is 4.05. The molecule has 1 aliphatic heterocycles. The summed E-state index contributed by atoms with van der Waals surface area (Å²) >= 11 is -2.82. The van der Waals surface area contributed by atoms with Crippen LogP contribution in [0.2, 0.25) is 0 Å². The summed E-state index contributed by atoms with van der Waals surface area (Å²) < 4.78 is 9.17. The molecule has 0 spiro atoms. The molecule has 3 rings (SSSR count). The van der Waals surface area contributed by atoms with E-state index in [1.165, 1.54) is 7.16 Å². The minimum absolute atomic E-state index is 0.907. The Bertz CT molecular complexity index is 439. The Balaban J connectivity index is 2.11. The Morgan fingerprint density at radius 2 is 1.35 bits per heavy atom. The molecule has 1 saturated heterocycles.